The van der Waals surface area contributed by atoms with Crippen molar-refractivity contribution in [3.63, 3.8) is 0 Å². The number of aromatic nitrogens is 3. The minimum Gasteiger partial charge on any atom is -0.471 e. The van der Waals surface area contributed by atoms with Gasteiger partial charge in [0.15, 0.2) is 0 Å². The van der Waals surface area contributed by atoms with Crippen molar-refractivity contribution in [3.05, 3.63) is 48.4 Å². The van der Waals surface area contributed by atoms with E-state index in [0.29, 0.717) is 38.6 Å². The van der Waals surface area contributed by atoms with E-state index in [1.807, 2.05) is 53.0 Å². The Bertz CT molecular complexity index is 1040. The van der Waals surface area contributed by atoms with Gasteiger partial charge in [0.1, 0.15) is 18.9 Å². The molecule has 0 N–H and O–H groups in total. The van der Waals surface area contributed by atoms with Crippen molar-refractivity contribution >= 4 is 29.1 Å². The fourth-order valence-corrected chi connectivity index (χ4v) is 3.54. The summed E-state index contributed by atoms with van der Waals surface area (Å²) in [6, 6.07) is 9.42. The molecule has 3 aromatic rings. The van der Waals surface area contributed by atoms with Gasteiger partial charge in [-0.05, 0) is 18.2 Å². The van der Waals surface area contributed by atoms with E-state index in [0.717, 1.165) is 22.4 Å². The number of ether oxygens (including phenoxy) is 2. The number of hydrogen-bond acceptors (Lipinski definition) is 7. The summed E-state index contributed by atoms with van der Waals surface area (Å²) in [4.78, 5) is 35.6. The Balaban J connectivity index is 1.47. The number of hydrogen-bond donors (Lipinski definition) is 0. The van der Waals surface area contributed by atoms with Crippen LogP contribution in [0.5, 0.6) is 5.88 Å². The van der Waals surface area contributed by atoms with Crippen molar-refractivity contribution in [1.29, 1.82) is 0 Å². The summed E-state index contributed by atoms with van der Waals surface area (Å²) < 4.78 is 12.4. The predicted molar refractivity (Wildman–Crippen MR) is 110 cm³/mol. The van der Waals surface area contributed by atoms with E-state index in [2.05, 4.69) is 9.97 Å². The largest absolute Gasteiger partial charge is 0.471 e. The molecule has 0 aliphatic carbocycles. The number of fused-ring (bicyclic) bond motifs is 1. The maximum absolute atomic E-state index is 12.7. The number of anilines is 1. The highest BCUT2D eigenvalue weighted by Crippen LogP contribution is 2.30. The number of carbonyl (C=O) groups excluding carboxylic acids is 2. The Morgan fingerprint density at radius 3 is 2.87 bits per heavy atom. The molecule has 0 radical (unpaired) electrons. The lowest BCUT2D eigenvalue weighted by atomic mass is 10.2. The van der Waals surface area contributed by atoms with Crippen LogP contribution in [0, 0.1) is 0 Å². The number of amides is 1. The van der Waals surface area contributed by atoms with Gasteiger partial charge in [0, 0.05) is 50.5 Å². The van der Waals surface area contributed by atoms with Crippen molar-refractivity contribution in [2.45, 2.75) is 6.61 Å². The summed E-state index contributed by atoms with van der Waals surface area (Å²) in [5, 5.41) is 0.897. The first-order chi connectivity index (χ1) is 14.7. The van der Waals surface area contributed by atoms with Gasteiger partial charge in [-0.1, -0.05) is 6.07 Å². The topological polar surface area (TPSA) is 89.8 Å². The third-order valence-electron chi connectivity index (χ3n) is 5.05. The van der Waals surface area contributed by atoms with Crippen LogP contribution in [0.4, 0.5) is 5.69 Å². The molecule has 0 atom stereocenters. The highest BCUT2D eigenvalue weighted by atomic mass is 16.5. The second kappa shape index (κ2) is 8.91. The molecule has 0 bridgehead atoms. The van der Waals surface area contributed by atoms with Crippen LogP contribution in [0.1, 0.15) is 5.69 Å². The quantitative estimate of drug-likeness (QED) is 0.410. The van der Waals surface area contributed by atoms with E-state index in [9.17, 15) is 9.59 Å². The molecule has 1 aliphatic heterocycles. The molecular weight excluding hydrogens is 386 g/mol. The maximum atomic E-state index is 12.7. The van der Waals surface area contributed by atoms with Crippen LogP contribution in [0.2, 0.25) is 0 Å². The molecule has 0 aromatic carbocycles. The van der Waals surface area contributed by atoms with Crippen LogP contribution < -0.4 is 9.64 Å². The van der Waals surface area contributed by atoms with E-state index in [1.54, 1.807) is 11.1 Å². The molecule has 0 saturated carbocycles. The van der Waals surface area contributed by atoms with Gasteiger partial charge in [0.2, 0.25) is 11.8 Å². The minimum atomic E-state index is 0.00957. The SMILES string of the molecule is Cn1cc(N2CCN(CCOC=O)CC2=O)c2ccc(OCc3ccccn3)nc21. The molecule has 1 aliphatic rings. The van der Waals surface area contributed by atoms with E-state index in [4.69, 9.17) is 9.47 Å². The minimum absolute atomic E-state index is 0.00957. The Morgan fingerprint density at radius 2 is 2.10 bits per heavy atom. The lowest BCUT2D eigenvalue weighted by molar-refractivity contribution is -0.129. The number of nitrogens with zero attached hydrogens (tertiary/aromatic N) is 5. The Morgan fingerprint density at radius 1 is 1.20 bits per heavy atom. The summed E-state index contributed by atoms with van der Waals surface area (Å²) in [5.74, 6) is 0.516. The summed E-state index contributed by atoms with van der Waals surface area (Å²) in [6.07, 6.45) is 3.65. The average molecular weight is 409 g/mol. The smallest absolute Gasteiger partial charge is 0.293 e. The molecule has 156 valence electrons. The lowest BCUT2D eigenvalue weighted by Crippen LogP contribution is -2.51. The van der Waals surface area contributed by atoms with Crippen molar-refractivity contribution < 1.29 is 19.1 Å². The van der Waals surface area contributed by atoms with Gasteiger partial charge in [-0.3, -0.25) is 19.5 Å². The molecule has 30 heavy (non-hydrogen) atoms. The van der Waals surface area contributed by atoms with Gasteiger partial charge in [-0.15, -0.1) is 0 Å². The first kappa shape index (κ1) is 19.8. The van der Waals surface area contributed by atoms with E-state index in [-0.39, 0.29) is 19.1 Å². The van der Waals surface area contributed by atoms with Crippen molar-refractivity contribution in [1.82, 2.24) is 19.4 Å². The van der Waals surface area contributed by atoms with Crippen LogP contribution in [0.25, 0.3) is 11.0 Å². The van der Waals surface area contributed by atoms with Crippen LogP contribution in [0.3, 0.4) is 0 Å². The zero-order valence-corrected chi connectivity index (χ0v) is 16.7. The van der Waals surface area contributed by atoms with Gasteiger partial charge in [0.25, 0.3) is 6.47 Å². The molecular formula is C21H23N5O4. The molecule has 4 heterocycles. The normalized spacial score (nSPS) is 14.8. The van der Waals surface area contributed by atoms with Gasteiger partial charge >= 0.3 is 0 Å². The van der Waals surface area contributed by atoms with Crippen LogP contribution in [-0.2, 0) is 28.0 Å². The average Bonchev–Trinajstić information content (AvgIpc) is 3.09. The highest BCUT2D eigenvalue weighted by molar-refractivity contribution is 6.03. The zero-order valence-electron chi connectivity index (χ0n) is 16.7. The van der Waals surface area contributed by atoms with Gasteiger partial charge in [-0.25, -0.2) is 0 Å². The van der Waals surface area contributed by atoms with Crippen molar-refractivity contribution in [2.75, 3.05) is 37.7 Å². The van der Waals surface area contributed by atoms with E-state index in [1.165, 1.54) is 0 Å². The second-order valence-electron chi connectivity index (χ2n) is 7.04. The van der Waals surface area contributed by atoms with Crippen molar-refractivity contribution in [3.8, 4) is 5.88 Å². The third kappa shape index (κ3) is 4.25. The second-order valence-corrected chi connectivity index (χ2v) is 7.04. The summed E-state index contributed by atoms with van der Waals surface area (Å²) in [6.45, 7) is 3.17. The monoisotopic (exact) mass is 409 g/mol. The summed E-state index contributed by atoms with van der Waals surface area (Å²) in [5.41, 5.74) is 2.41. The fourth-order valence-electron chi connectivity index (χ4n) is 3.54. The number of rotatable bonds is 8. The summed E-state index contributed by atoms with van der Waals surface area (Å²) in [7, 11) is 1.90. The molecule has 0 spiro atoms. The van der Waals surface area contributed by atoms with Crippen LogP contribution >= 0.6 is 0 Å². The Kier molecular flexibility index (Phi) is 5.89. The van der Waals surface area contributed by atoms with E-state index >= 15 is 0 Å². The first-order valence-corrected chi connectivity index (χ1v) is 9.72. The Labute approximate surface area is 173 Å². The number of pyridine rings is 2. The number of piperazine rings is 1. The molecule has 3 aromatic heterocycles. The number of carbonyl (C=O) groups is 2. The Hall–Kier alpha value is -3.46. The zero-order chi connectivity index (χ0) is 20.9. The fraction of sp³-hybridized carbons (Fsp3) is 0.333. The first-order valence-electron chi connectivity index (χ1n) is 9.72. The number of aryl methyl sites for hydroxylation is 1. The van der Waals surface area contributed by atoms with E-state index < -0.39 is 0 Å². The molecule has 1 amide bonds. The third-order valence-corrected chi connectivity index (χ3v) is 5.05. The maximum Gasteiger partial charge on any atom is 0.293 e. The lowest BCUT2D eigenvalue weighted by Gasteiger charge is -2.33. The molecule has 0 unspecified atom stereocenters. The van der Waals surface area contributed by atoms with Crippen LogP contribution in [-0.4, -0.2) is 64.6 Å². The standard InChI is InChI=1S/C21H23N5O4/c1-24-12-18(26-9-8-25(13-20(26)28)10-11-29-15-27)17-5-6-19(23-21(17)24)30-14-16-4-2-3-7-22-16/h2-7,12,15H,8-11,13-14H2,1H3. The van der Waals surface area contributed by atoms with Gasteiger partial charge in [-0.2, -0.15) is 4.98 Å². The predicted octanol–water partition coefficient (Wildman–Crippen LogP) is 1.37. The molecule has 4 rings (SSSR count). The van der Waals surface area contributed by atoms with Gasteiger partial charge < -0.3 is 18.9 Å². The van der Waals surface area contributed by atoms with Crippen LogP contribution in [0.15, 0.2) is 42.7 Å². The summed E-state index contributed by atoms with van der Waals surface area (Å²) >= 11 is 0. The molecule has 1 fully saturated rings. The molecule has 9 nitrogen and oxygen atoms in total. The van der Waals surface area contributed by atoms with Crippen molar-refractivity contribution in [2.24, 2.45) is 7.05 Å². The van der Waals surface area contributed by atoms with Gasteiger partial charge in [0.05, 0.1) is 17.9 Å². The molecule has 9 heteroatoms. The highest BCUT2D eigenvalue weighted by Gasteiger charge is 2.27. The molecule has 1 saturated heterocycles.